The zero-order valence-corrected chi connectivity index (χ0v) is 20.6. The Balaban J connectivity index is 2.01. The molecule has 3 unspecified atom stereocenters. The average molecular weight is 544 g/mol. The molecule has 1 aliphatic heterocycles. The Morgan fingerprint density at radius 1 is 1.05 bits per heavy atom. The number of hydrogen-bond donors (Lipinski definition) is 1. The first kappa shape index (κ1) is 28.4. The minimum Gasteiger partial charge on any atom is -0.366 e. The summed E-state index contributed by atoms with van der Waals surface area (Å²) in [4.78, 5) is 20.6. The van der Waals surface area contributed by atoms with E-state index in [0.717, 1.165) is 0 Å². The fourth-order valence-electron chi connectivity index (χ4n) is 4.08. The van der Waals surface area contributed by atoms with E-state index in [2.05, 4.69) is 9.98 Å². The molecule has 0 saturated carbocycles. The summed E-state index contributed by atoms with van der Waals surface area (Å²) in [6, 6.07) is 2.52. The van der Waals surface area contributed by atoms with Crippen molar-refractivity contribution in [2.45, 2.75) is 45.1 Å². The van der Waals surface area contributed by atoms with Crippen molar-refractivity contribution in [1.29, 1.82) is 0 Å². The van der Waals surface area contributed by atoms with E-state index in [0.29, 0.717) is 29.1 Å². The number of primary amides is 1. The minimum atomic E-state index is -4.96. The van der Waals surface area contributed by atoms with Gasteiger partial charge in [0, 0.05) is 41.1 Å². The molecule has 2 heterocycles. The molecule has 0 bridgehead atoms. The molecule has 0 saturated heterocycles. The maximum absolute atomic E-state index is 13.4. The molecule has 0 aliphatic carbocycles. The molecular weight excluding hydrogens is 520 g/mol. The number of aromatic nitrogens is 1. The summed E-state index contributed by atoms with van der Waals surface area (Å²) in [5.74, 6) is -1.44. The fraction of sp³-hybridized carbons (Fsp3) is 0.346. The number of benzene rings is 1. The predicted octanol–water partition coefficient (Wildman–Crippen LogP) is 7.12. The van der Waals surface area contributed by atoms with Gasteiger partial charge in [0.05, 0.1) is 22.2 Å². The van der Waals surface area contributed by atoms with Crippen LogP contribution in [-0.2, 0) is 17.1 Å². The van der Waals surface area contributed by atoms with Crippen LogP contribution in [0.15, 0.2) is 59.9 Å². The Morgan fingerprint density at radius 3 is 2.22 bits per heavy atom. The molecule has 3 rings (SSSR count). The van der Waals surface area contributed by atoms with E-state index < -0.39 is 41.3 Å². The summed E-state index contributed by atoms with van der Waals surface area (Å²) in [7, 11) is 0. The number of nitrogens with two attached hydrogens (primary N) is 1. The standard InChI is InChI=1S/C26H24ClF6N3O/c1-14-4-3-5-16(6-7-22(24(34)37)18-10-21(27)13-35-12-18)15(2)36-23(14)17-8-19(25(28,29)30)11-20(9-17)26(31,32)33/h3,5,7-16H,4,6H2,1-2H3,(H2,34,37). The molecule has 2 N–H and O–H groups in total. The SMILES string of the molecule is CC1CC=CC(CC=C(C(N)=O)c2cncc(Cl)c2)C(C)N=C1c1cc(C(F)(F)F)cc(C(F)(F)F)c1. The van der Waals surface area contributed by atoms with Crippen LogP contribution in [0, 0.1) is 11.8 Å². The summed E-state index contributed by atoms with van der Waals surface area (Å²) in [5, 5.41) is 0.311. The minimum absolute atomic E-state index is 0.102. The van der Waals surface area contributed by atoms with Gasteiger partial charge in [0.1, 0.15) is 0 Å². The highest BCUT2D eigenvalue weighted by molar-refractivity contribution is 6.31. The summed E-state index contributed by atoms with van der Waals surface area (Å²) >= 11 is 5.96. The Morgan fingerprint density at radius 2 is 1.68 bits per heavy atom. The van der Waals surface area contributed by atoms with Crippen LogP contribution in [0.4, 0.5) is 26.3 Å². The van der Waals surface area contributed by atoms with Gasteiger partial charge in [-0.25, -0.2) is 0 Å². The first-order valence-corrected chi connectivity index (χ1v) is 11.7. The first-order valence-electron chi connectivity index (χ1n) is 11.3. The third kappa shape index (κ3) is 7.21. The smallest absolute Gasteiger partial charge is 0.366 e. The molecule has 1 aliphatic rings. The topological polar surface area (TPSA) is 68.3 Å². The molecule has 1 aromatic heterocycles. The number of amides is 1. The van der Waals surface area contributed by atoms with E-state index in [1.807, 2.05) is 12.2 Å². The first-order chi connectivity index (χ1) is 17.2. The van der Waals surface area contributed by atoms with Crippen molar-refractivity contribution in [2.75, 3.05) is 0 Å². The molecule has 3 atom stereocenters. The number of carbonyl (C=O) groups excluding carboxylic acids is 1. The van der Waals surface area contributed by atoms with E-state index in [9.17, 15) is 31.1 Å². The zero-order valence-electron chi connectivity index (χ0n) is 19.9. The van der Waals surface area contributed by atoms with E-state index in [1.165, 1.54) is 18.5 Å². The number of rotatable bonds is 5. The van der Waals surface area contributed by atoms with Gasteiger partial charge in [-0.3, -0.25) is 14.8 Å². The molecule has 1 amide bonds. The molecule has 37 heavy (non-hydrogen) atoms. The van der Waals surface area contributed by atoms with Crippen molar-refractivity contribution >= 4 is 28.8 Å². The van der Waals surface area contributed by atoms with Crippen LogP contribution in [-0.4, -0.2) is 22.6 Å². The van der Waals surface area contributed by atoms with Gasteiger partial charge in [-0.05, 0) is 49.6 Å². The van der Waals surface area contributed by atoms with Crippen LogP contribution >= 0.6 is 11.6 Å². The van der Waals surface area contributed by atoms with E-state index in [-0.39, 0.29) is 35.3 Å². The second-order valence-corrected chi connectivity index (χ2v) is 9.32. The van der Waals surface area contributed by atoms with Gasteiger partial charge in [-0.1, -0.05) is 36.8 Å². The van der Waals surface area contributed by atoms with E-state index >= 15 is 0 Å². The monoisotopic (exact) mass is 543 g/mol. The Bertz CT molecular complexity index is 1220. The number of hydrogen-bond acceptors (Lipinski definition) is 3. The van der Waals surface area contributed by atoms with Crippen LogP contribution < -0.4 is 5.73 Å². The number of aliphatic imine (C=N–C) groups is 1. The lowest BCUT2D eigenvalue weighted by Gasteiger charge is -2.25. The summed E-state index contributed by atoms with van der Waals surface area (Å²) in [5.41, 5.74) is 3.28. The maximum atomic E-state index is 13.4. The van der Waals surface area contributed by atoms with Crippen LogP contribution in [0.2, 0.25) is 5.02 Å². The van der Waals surface area contributed by atoms with Crippen molar-refractivity contribution in [2.24, 2.45) is 22.6 Å². The highest BCUT2D eigenvalue weighted by Gasteiger charge is 2.37. The highest BCUT2D eigenvalue weighted by atomic mass is 35.5. The average Bonchev–Trinajstić information content (AvgIpc) is 2.78. The summed E-state index contributed by atoms with van der Waals surface area (Å²) in [6.45, 7) is 3.41. The molecule has 1 aromatic carbocycles. The number of nitrogens with zero attached hydrogens (tertiary/aromatic N) is 2. The maximum Gasteiger partial charge on any atom is 0.416 e. The summed E-state index contributed by atoms with van der Waals surface area (Å²) in [6.07, 6.45) is -1.15. The van der Waals surface area contributed by atoms with Crippen molar-refractivity contribution in [3.05, 3.63) is 82.2 Å². The van der Waals surface area contributed by atoms with Gasteiger partial charge < -0.3 is 5.73 Å². The molecular formula is C26H24ClF6N3O. The Labute approximate surface area is 214 Å². The third-order valence-corrected chi connectivity index (χ3v) is 6.27. The lowest BCUT2D eigenvalue weighted by Crippen LogP contribution is -2.23. The lowest BCUT2D eigenvalue weighted by molar-refractivity contribution is -0.143. The number of allylic oxidation sites excluding steroid dienone is 2. The zero-order chi connectivity index (χ0) is 27.5. The number of carbonyl (C=O) groups is 1. The molecule has 198 valence electrons. The molecule has 0 spiro atoms. The Hall–Kier alpha value is -3.14. The van der Waals surface area contributed by atoms with Crippen molar-refractivity contribution in [1.82, 2.24) is 4.98 Å². The van der Waals surface area contributed by atoms with Crippen LogP contribution in [0.1, 0.15) is 48.9 Å². The van der Waals surface area contributed by atoms with Crippen molar-refractivity contribution in [3.8, 4) is 0 Å². The Kier molecular flexibility index (Phi) is 8.52. The van der Waals surface area contributed by atoms with Gasteiger partial charge in [-0.15, -0.1) is 0 Å². The van der Waals surface area contributed by atoms with Crippen LogP contribution in [0.5, 0.6) is 0 Å². The molecule has 4 nitrogen and oxygen atoms in total. The van der Waals surface area contributed by atoms with Crippen LogP contribution in [0.3, 0.4) is 0 Å². The molecule has 11 heteroatoms. The quantitative estimate of drug-likeness (QED) is 0.248. The van der Waals surface area contributed by atoms with Gasteiger partial charge >= 0.3 is 12.4 Å². The van der Waals surface area contributed by atoms with Gasteiger partial charge in [0.2, 0.25) is 5.91 Å². The molecule has 0 radical (unpaired) electrons. The largest absolute Gasteiger partial charge is 0.416 e. The van der Waals surface area contributed by atoms with E-state index in [1.54, 1.807) is 19.9 Å². The van der Waals surface area contributed by atoms with Gasteiger partial charge in [0.25, 0.3) is 0 Å². The summed E-state index contributed by atoms with van der Waals surface area (Å²) < 4.78 is 80.5. The second kappa shape index (κ2) is 11.1. The van der Waals surface area contributed by atoms with Gasteiger partial charge in [0.15, 0.2) is 0 Å². The van der Waals surface area contributed by atoms with Crippen molar-refractivity contribution < 1.29 is 31.1 Å². The normalized spacial score (nSPS) is 21.3. The predicted molar refractivity (Wildman–Crippen MR) is 130 cm³/mol. The van der Waals surface area contributed by atoms with Crippen molar-refractivity contribution in [3.63, 3.8) is 0 Å². The molecule has 2 aromatic rings. The van der Waals surface area contributed by atoms with Gasteiger partial charge in [-0.2, -0.15) is 26.3 Å². The lowest BCUT2D eigenvalue weighted by atomic mass is 9.87. The number of halogens is 7. The van der Waals surface area contributed by atoms with E-state index in [4.69, 9.17) is 17.3 Å². The highest BCUT2D eigenvalue weighted by Crippen LogP contribution is 2.37. The number of alkyl halides is 6. The molecule has 0 fully saturated rings. The van der Waals surface area contributed by atoms with Crippen LogP contribution in [0.25, 0.3) is 5.57 Å². The second-order valence-electron chi connectivity index (χ2n) is 8.89. The fourth-order valence-corrected chi connectivity index (χ4v) is 4.26. The third-order valence-electron chi connectivity index (χ3n) is 6.06. The number of pyridine rings is 1.